The molecule has 0 saturated carbocycles. The van der Waals surface area contributed by atoms with E-state index < -0.39 is 10.9 Å². The maximum atomic E-state index is 12.7. The lowest BCUT2D eigenvalue weighted by molar-refractivity contribution is -0.385. The number of aliphatic carboxylic acids is 1. The monoisotopic (exact) mass is 392 g/mol. The largest absolute Gasteiger partial charge is 0.480 e. The number of piperidine rings is 1. The summed E-state index contributed by atoms with van der Waals surface area (Å²) in [5, 5.41) is 22.9. The highest BCUT2D eigenvalue weighted by atomic mass is 16.6. The molecule has 28 heavy (non-hydrogen) atoms. The van der Waals surface area contributed by atoms with E-state index in [1.54, 1.807) is 19.1 Å². The highest BCUT2D eigenvalue weighted by Crippen LogP contribution is 2.26. The summed E-state index contributed by atoms with van der Waals surface area (Å²) in [6, 6.07) is 4.44. The van der Waals surface area contributed by atoms with E-state index in [1.165, 1.54) is 6.07 Å². The SMILES string of the molecule is CCN(CC(=O)O)C1CCN(C(C)C(=O)Nc2cccc([N+](=O)[O-])c2C)CC1. The Hall–Kier alpha value is -2.52. The molecular formula is C19H28N4O5. The molecule has 1 aliphatic rings. The van der Waals surface area contributed by atoms with E-state index in [2.05, 4.69) is 10.2 Å². The van der Waals surface area contributed by atoms with Crippen LogP contribution < -0.4 is 5.32 Å². The molecule has 2 rings (SSSR count). The minimum absolute atomic E-state index is 0.0237. The number of nitro benzene ring substituents is 1. The average molecular weight is 392 g/mol. The number of carboxylic acids is 1. The van der Waals surface area contributed by atoms with Crippen molar-refractivity contribution in [2.45, 2.75) is 45.7 Å². The Morgan fingerprint density at radius 3 is 2.57 bits per heavy atom. The Balaban J connectivity index is 1.95. The number of carbonyl (C=O) groups is 2. The van der Waals surface area contributed by atoms with Gasteiger partial charge in [-0.3, -0.25) is 29.5 Å². The molecule has 1 saturated heterocycles. The number of nitrogens with zero attached hydrogens (tertiary/aromatic N) is 3. The minimum Gasteiger partial charge on any atom is -0.480 e. The number of anilines is 1. The Morgan fingerprint density at radius 1 is 1.39 bits per heavy atom. The highest BCUT2D eigenvalue weighted by Gasteiger charge is 2.30. The van der Waals surface area contributed by atoms with Crippen LogP contribution in [0, 0.1) is 17.0 Å². The van der Waals surface area contributed by atoms with Crippen LogP contribution in [0.2, 0.25) is 0 Å². The summed E-state index contributed by atoms with van der Waals surface area (Å²) in [6.45, 7) is 7.49. The molecule has 1 aromatic rings. The molecule has 1 amide bonds. The summed E-state index contributed by atoms with van der Waals surface area (Å²) in [6.07, 6.45) is 1.60. The standard InChI is InChI=1S/C19H28N4O5/c1-4-21(12-18(24)25)15-8-10-22(11-9-15)14(3)19(26)20-16-6-5-7-17(13(16)2)23(27)28/h5-7,14-15H,4,8-12H2,1-3H3,(H,20,26)(H,24,25). The van der Waals surface area contributed by atoms with E-state index in [0.29, 0.717) is 30.9 Å². The van der Waals surface area contributed by atoms with Crippen molar-refractivity contribution in [3.8, 4) is 0 Å². The number of benzene rings is 1. The normalized spacial score (nSPS) is 16.7. The van der Waals surface area contributed by atoms with Gasteiger partial charge in [0, 0.05) is 25.2 Å². The summed E-state index contributed by atoms with van der Waals surface area (Å²) in [4.78, 5) is 38.3. The van der Waals surface area contributed by atoms with Crippen molar-refractivity contribution < 1.29 is 19.6 Å². The second-order valence-electron chi connectivity index (χ2n) is 7.10. The van der Waals surface area contributed by atoms with E-state index in [0.717, 1.165) is 12.8 Å². The second-order valence-corrected chi connectivity index (χ2v) is 7.10. The van der Waals surface area contributed by atoms with Gasteiger partial charge in [-0.05, 0) is 39.3 Å². The maximum absolute atomic E-state index is 12.7. The molecule has 0 radical (unpaired) electrons. The summed E-state index contributed by atoms with van der Waals surface area (Å²) in [5.41, 5.74) is 0.850. The number of hydrogen-bond acceptors (Lipinski definition) is 6. The first kappa shape index (κ1) is 21.8. The van der Waals surface area contributed by atoms with Gasteiger partial charge in [0.15, 0.2) is 0 Å². The van der Waals surface area contributed by atoms with Gasteiger partial charge in [0.25, 0.3) is 5.69 Å². The van der Waals surface area contributed by atoms with Crippen LogP contribution >= 0.6 is 0 Å². The number of likely N-dealkylation sites (tertiary alicyclic amines) is 1. The fourth-order valence-corrected chi connectivity index (χ4v) is 3.67. The number of carboxylic acid groups (broad SMARTS) is 1. The molecule has 2 N–H and O–H groups in total. The Morgan fingerprint density at radius 2 is 2.04 bits per heavy atom. The van der Waals surface area contributed by atoms with Gasteiger partial charge in [-0.1, -0.05) is 13.0 Å². The molecule has 1 unspecified atom stereocenters. The van der Waals surface area contributed by atoms with Crippen molar-refractivity contribution in [2.75, 3.05) is 31.5 Å². The molecule has 154 valence electrons. The van der Waals surface area contributed by atoms with Crippen LogP contribution in [0.3, 0.4) is 0 Å². The van der Waals surface area contributed by atoms with Crippen molar-refractivity contribution >= 4 is 23.3 Å². The molecule has 0 spiro atoms. The van der Waals surface area contributed by atoms with E-state index in [-0.39, 0.29) is 30.2 Å². The Kier molecular flexibility index (Phi) is 7.47. The minimum atomic E-state index is -0.829. The lowest BCUT2D eigenvalue weighted by Crippen LogP contribution is -2.51. The van der Waals surface area contributed by atoms with Crippen LogP contribution in [0.15, 0.2) is 18.2 Å². The van der Waals surface area contributed by atoms with E-state index in [4.69, 9.17) is 5.11 Å². The fraction of sp³-hybridized carbons (Fsp3) is 0.579. The molecule has 1 aromatic carbocycles. The van der Waals surface area contributed by atoms with E-state index in [9.17, 15) is 19.7 Å². The Bertz CT molecular complexity index is 731. The second kappa shape index (κ2) is 9.61. The van der Waals surface area contributed by atoms with Crippen molar-refractivity contribution in [1.82, 2.24) is 9.80 Å². The van der Waals surface area contributed by atoms with Crippen LogP contribution in [0.4, 0.5) is 11.4 Å². The fourth-order valence-electron chi connectivity index (χ4n) is 3.67. The summed E-state index contributed by atoms with van der Waals surface area (Å²) in [7, 11) is 0. The predicted octanol–water partition coefficient (Wildman–Crippen LogP) is 2.10. The number of nitrogens with one attached hydrogen (secondary N) is 1. The molecule has 1 aliphatic heterocycles. The van der Waals surface area contributed by atoms with Crippen molar-refractivity contribution in [1.29, 1.82) is 0 Å². The van der Waals surface area contributed by atoms with Crippen LogP contribution in [0.1, 0.15) is 32.3 Å². The number of amides is 1. The average Bonchev–Trinajstić information content (AvgIpc) is 2.66. The third-order valence-corrected chi connectivity index (χ3v) is 5.45. The predicted molar refractivity (Wildman–Crippen MR) is 105 cm³/mol. The number of hydrogen-bond donors (Lipinski definition) is 2. The summed E-state index contributed by atoms with van der Waals surface area (Å²) >= 11 is 0. The van der Waals surface area contributed by atoms with Gasteiger partial charge in [0.1, 0.15) is 0 Å². The molecular weight excluding hydrogens is 364 g/mol. The molecule has 1 fully saturated rings. The molecule has 0 aliphatic carbocycles. The van der Waals surface area contributed by atoms with E-state index in [1.807, 2.05) is 18.7 Å². The van der Waals surface area contributed by atoms with Gasteiger partial charge in [0.2, 0.25) is 5.91 Å². The third kappa shape index (κ3) is 5.26. The van der Waals surface area contributed by atoms with Crippen LogP contribution in [0.5, 0.6) is 0 Å². The topological polar surface area (TPSA) is 116 Å². The van der Waals surface area contributed by atoms with Gasteiger partial charge in [0.05, 0.1) is 28.8 Å². The lowest BCUT2D eigenvalue weighted by Gasteiger charge is -2.39. The van der Waals surface area contributed by atoms with Gasteiger partial charge >= 0.3 is 5.97 Å². The quantitative estimate of drug-likeness (QED) is 0.514. The molecule has 0 bridgehead atoms. The van der Waals surface area contributed by atoms with Gasteiger partial charge in [-0.15, -0.1) is 0 Å². The van der Waals surface area contributed by atoms with E-state index >= 15 is 0 Å². The summed E-state index contributed by atoms with van der Waals surface area (Å²) in [5.74, 6) is -1.04. The first-order valence-corrected chi connectivity index (χ1v) is 9.49. The van der Waals surface area contributed by atoms with Crippen LogP contribution in [-0.2, 0) is 9.59 Å². The molecule has 9 heteroatoms. The van der Waals surface area contributed by atoms with Gasteiger partial charge in [-0.25, -0.2) is 0 Å². The number of carbonyl (C=O) groups excluding carboxylic acids is 1. The lowest BCUT2D eigenvalue weighted by atomic mass is 10.0. The molecule has 1 atom stereocenters. The molecule has 1 heterocycles. The van der Waals surface area contributed by atoms with Gasteiger partial charge < -0.3 is 10.4 Å². The zero-order valence-electron chi connectivity index (χ0n) is 16.6. The first-order chi connectivity index (χ1) is 13.2. The first-order valence-electron chi connectivity index (χ1n) is 9.49. The summed E-state index contributed by atoms with van der Waals surface area (Å²) < 4.78 is 0. The zero-order valence-corrected chi connectivity index (χ0v) is 16.6. The molecule has 9 nitrogen and oxygen atoms in total. The third-order valence-electron chi connectivity index (χ3n) is 5.45. The van der Waals surface area contributed by atoms with Crippen LogP contribution in [0.25, 0.3) is 0 Å². The highest BCUT2D eigenvalue weighted by molar-refractivity contribution is 5.95. The number of nitro groups is 1. The van der Waals surface area contributed by atoms with Crippen molar-refractivity contribution in [3.63, 3.8) is 0 Å². The smallest absolute Gasteiger partial charge is 0.317 e. The molecule has 0 aromatic heterocycles. The Labute approximate surface area is 164 Å². The maximum Gasteiger partial charge on any atom is 0.317 e. The number of likely N-dealkylation sites (N-methyl/N-ethyl adjacent to an activating group) is 1. The van der Waals surface area contributed by atoms with Crippen LogP contribution in [-0.4, -0.2) is 70.0 Å². The zero-order chi connectivity index (χ0) is 20.8. The van der Waals surface area contributed by atoms with Crippen molar-refractivity contribution in [3.05, 3.63) is 33.9 Å². The number of rotatable bonds is 8. The van der Waals surface area contributed by atoms with Crippen molar-refractivity contribution in [2.24, 2.45) is 0 Å². The van der Waals surface area contributed by atoms with Gasteiger partial charge in [-0.2, -0.15) is 0 Å².